The highest BCUT2D eigenvalue weighted by molar-refractivity contribution is 6.31. The largest absolute Gasteiger partial charge is 0.371 e. The van der Waals surface area contributed by atoms with Crippen LogP contribution < -0.4 is 5.32 Å². The van der Waals surface area contributed by atoms with Crippen LogP contribution in [0, 0.1) is 11.6 Å². The maximum atomic E-state index is 13.2. The number of anilines is 1. The molecule has 7 heteroatoms. The van der Waals surface area contributed by atoms with Crippen molar-refractivity contribution in [3.8, 4) is 0 Å². The van der Waals surface area contributed by atoms with Crippen LogP contribution in [0.2, 0.25) is 5.02 Å². The summed E-state index contributed by atoms with van der Waals surface area (Å²) in [5.41, 5.74) is 1.31. The van der Waals surface area contributed by atoms with E-state index in [0.717, 1.165) is 5.56 Å². The summed E-state index contributed by atoms with van der Waals surface area (Å²) in [6.07, 6.45) is -0.222. The Morgan fingerprint density at radius 3 is 2.69 bits per heavy atom. The standard InChI is InChI=1S/C19H19ClF2N2O2/c1-12(19(25)23-15-6-7-17(22)16(20)10-15)24-8-9-26-18(11-24)13-2-4-14(21)5-3-13/h2-7,10,12,18H,8-9,11H2,1H3,(H,23,25). The van der Waals surface area contributed by atoms with Crippen molar-refractivity contribution in [1.82, 2.24) is 4.90 Å². The lowest BCUT2D eigenvalue weighted by molar-refractivity contribution is -0.124. The summed E-state index contributed by atoms with van der Waals surface area (Å²) in [4.78, 5) is 14.5. The number of amides is 1. The number of nitrogens with one attached hydrogen (secondary N) is 1. The minimum atomic E-state index is -0.534. The third-order valence-corrected chi connectivity index (χ3v) is 4.74. The van der Waals surface area contributed by atoms with Gasteiger partial charge in [-0.25, -0.2) is 8.78 Å². The van der Waals surface area contributed by atoms with Crippen molar-refractivity contribution in [2.24, 2.45) is 0 Å². The minimum absolute atomic E-state index is 0.0433. The van der Waals surface area contributed by atoms with Crippen molar-refractivity contribution >= 4 is 23.2 Å². The number of nitrogens with zero attached hydrogens (tertiary/aromatic N) is 1. The van der Waals surface area contributed by atoms with Crippen molar-refractivity contribution in [3.05, 3.63) is 64.7 Å². The van der Waals surface area contributed by atoms with E-state index in [1.165, 1.54) is 30.3 Å². The van der Waals surface area contributed by atoms with E-state index in [-0.39, 0.29) is 22.9 Å². The number of halogens is 3. The first-order valence-electron chi connectivity index (χ1n) is 8.31. The lowest BCUT2D eigenvalue weighted by atomic mass is 10.1. The monoisotopic (exact) mass is 380 g/mol. The summed E-state index contributed by atoms with van der Waals surface area (Å²) < 4.78 is 32.1. The SMILES string of the molecule is CC(C(=O)Nc1ccc(F)c(Cl)c1)N1CCOC(c2ccc(F)cc2)C1. The second kappa shape index (κ2) is 8.12. The maximum absolute atomic E-state index is 13.2. The normalized spacial score (nSPS) is 19.2. The van der Waals surface area contributed by atoms with E-state index in [9.17, 15) is 13.6 Å². The molecule has 1 aliphatic heterocycles. The fourth-order valence-corrected chi connectivity index (χ4v) is 3.07. The Kier molecular flexibility index (Phi) is 5.86. The summed E-state index contributed by atoms with van der Waals surface area (Å²) in [6, 6.07) is 9.81. The number of carbonyl (C=O) groups excluding carboxylic acids is 1. The van der Waals surface area contributed by atoms with Gasteiger partial charge in [-0.05, 0) is 42.8 Å². The predicted octanol–water partition coefficient (Wildman–Crippen LogP) is 4.02. The van der Waals surface area contributed by atoms with Crippen molar-refractivity contribution in [3.63, 3.8) is 0 Å². The summed E-state index contributed by atoms with van der Waals surface area (Å²) in [7, 11) is 0. The molecule has 2 aromatic rings. The fourth-order valence-electron chi connectivity index (χ4n) is 2.89. The molecular formula is C19H19ClF2N2O2. The summed E-state index contributed by atoms with van der Waals surface area (Å²) in [5.74, 6) is -1.05. The molecule has 3 rings (SSSR count). The van der Waals surface area contributed by atoms with E-state index in [2.05, 4.69) is 5.32 Å². The molecule has 0 radical (unpaired) electrons. The van der Waals surface area contributed by atoms with Gasteiger partial charge in [-0.3, -0.25) is 9.69 Å². The zero-order chi connectivity index (χ0) is 18.7. The first-order valence-corrected chi connectivity index (χ1v) is 8.69. The second-order valence-corrected chi connectivity index (χ2v) is 6.61. The first kappa shape index (κ1) is 18.8. The van der Waals surface area contributed by atoms with Crippen molar-refractivity contribution in [1.29, 1.82) is 0 Å². The van der Waals surface area contributed by atoms with Gasteiger partial charge in [-0.2, -0.15) is 0 Å². The molecule has 0 saturated carbocycles. The Hall–Kier alpha value is -2.02. The summed E-state index contributed by atoms with van der Waals surface area (Å²) in [6.45, 7) is 3.40. The lowest BCUT2D eigenvalue weighted by Crippen LogP contribution is -2.48. The summed E-state index contributed by atoms with van der Waals surface area (Å²) >= 11 is 5.74. The zero-order valence-corrected chi connectivity index (χ0v) is 15.0. The fraction of sp³-hybridized carbons (Fsp3) is 0.316. The van der Waals surface area contributed by atoms with Gasteiger partial charge >= 0.3 is 0 Å². The average molecular weight is 381 g/mol. The molecule has 2 atom stereocenters. The van der Waals surface area contributed by atoms with Crippen LogP contribution in [0.5, 0.6) is 0 Å². The lowest BCUT2D eigenvalue weighted by Gasteiger charge is -2.36. The van der Waals surface area contributed by atoms with Gasteiger partial charge in [0.25, 0.3) is 0 Å². The van der Waals surface area contributed by atoms with Crippen molar-refractivity contribution in [2.75, 3.05) is 25.0 Å². The van der Waals surface area contributed by atoms with Crippen LogP contribution in [0.25, 0.3) is 0 Å². The molecule has 1 fully saturated rings. The average Bonchev–Trinajstić information content (AvgIpc) is 2.65. The molecular weight excluding hydrogens is 362 g/mol. The third-order valence-electron chi connectivity index (χ3n) is 4.45. The molecule has 2 aromatic carbocycles. The highest BCUT2D eigenvalue weighted by Crippen LogP contribution is 2.24. The van der Waals surface area contributed by atoms with Gasteiger partial charge in [0.1, 0.15) is 11.6 Å². The number of ether oxygens (including phenoxy) is 1. The second-order valence-electron chi connectivity index (χ2n) is 6.20. The Balaban J connectivity index is 1.64. The number of benzene rings is 2. The van der Waals surface area contributed by atoms with Crippen molar-refractivity contribution < 1.29 is 18.3 Å². The van der Waals surface area contributed by atoms with E-state index in [4.69, 9.17) is 16.3 Å². The van der Waals surface area contributed by atoms with E-state index in [1.54, 1.807) is 19.1 Å². The molecule has 1 heterocycles. The number of hydrogen-bond donors (Lipinski definition) is 1. The molecule has 1 aliphatic rings. The van der Waals surface area contributed by atoms with Crippen LogP contribution in [0.1, 0.15) is 18.6 Å². The Labute approximate surface area is 155 Å². The molecule has 2 unspecified atom stereocenters. The number of morpholine rings is 1. The molecule has 138 valence electrons. The maximum Gasteiger partial charge on any atom is 0.241 e. The van der Waals surface area contributed by atoms with Gasteiger partial charge in [-0.15, -0.1) is 0 Å². The smallest absolute Gasteiger partial charge is 0.241 e. The molecule has 4 nitrogen and oxygen atoms in total. The van der Waals surface area contributed by atoms with Gasteiger partial charge in [0.05, 0.1) is 23.8 Å². The Morgan fingerprint density at radius 2 is 2.00 bits per heavy atom. The van der Waals surface area contributed by atoms with Crippen LogP contribution in [-0.4, -0.2) is 36.5 Å². The van der Waals surface area contributed by atoms with E-state index < -0.39 is 11.9 Å². The molecule has 26 heavy (non-hydrogen) atoms. The van der Waals surface area contributed by atoms with Gasteiger partial charge in [0, 0.05) is 18.8 Å². The predicted molar refractivity (Wildman–Crippen MR) is 96.2 cm³/mol. The molecule has 0 aliphatic carbocycles. The Morgan fingerprint density at radius 1 is 1.27 bits per heavy atom. The highest BCUT2D eigenvalue weighted by Gasteiger charge is 2.28. The van der Waals surface area contributed by atoms with Crippen LogP contribution in [0.3, 0.4) is 0 Å². The van der Waals surface area contributed by atoms with E-state index in [1.807, 2.05) is 4.90 Å². The van der Waals surface area contributed by atoms with Crippen LogP contribution >= 0.6 is 11.6 Å². The minimum Gasteiger partial charge on any atom is -0.371 e. The van der Waals surface area contributed by atoms with Crippen LogP contribution in [0.4, 0.5) is 14.5 Å². The first-order chi connectivity index (χ1) is 12.4. The van der Waals surface area contributed by atoms with E-state index >= 15 is 0 Å². The highest BCUT2D eigenvalue weighted by atomic mass is 35.5. The molecule has 1 amide bonds. The van der Waals surface area contributed by atoms with Crippen molar-refractivity contribution in [2.45, 2.75) is 19.1 Å². The number of rotatable bonds is 4. The van der Waals surface area contributed by atoms with Gasteiger partial charge in [-0.1, -0.05) is 23.7 Å². The number of carbonyl (C=O) groups is 1. The number of hydrogen-bond acceptors (Lipinski definition) is 3. The quantitative estimate of drug-likeness (QED) is 0.871. The van der Waals surface area contributed by atoms with Gasteiger partial charge < -0.3 is 10.1 Å². The summed E-state index contributed by atoms with van der Waals surface area (Å²) in [5, 5.41) is 2.70. The zero-order valence-electron chi connectivity index (χ0n) is 14.2. The molecule has 0 spiro atoms. The van der Waals surface area contributed by atoms with Gasteiger partial charge in [0.2, 0.25) is 5.91 Å². The molecule has 1 N–H and O–H groups in total. The Bertz CT molecular complexity index is 786. The topological polar surface area (TPSA) is 41.6 Å². The van der Waals surface area contributed by atoms with Crippen LogP contribution in [0.15, 0.2) is 42.5 Å². The third kappa shape index (κ3) is 4.38. The molecule has 0 bridgehead atoms. The molecule has 1 saturated heterocycles. The van der Waals surface area contributed by atoms with Gasteiger partial charge in [0.15, 0.2) is 0 Å². The molecule has 0 aromatic heterocycles. The van der Waals surface area contributed by atoms with Crippen LogP contribution in [-0.2, 0) is 9.53 Å². The van der Waals surface area contributed by atoms with E-state index in [0.29, 0.717) is 25.4 Å².